The Balaban J connectivity index is 1.78. The number of guanidine groups is 1. The highest BCUT2D eigenvalue weighted by molar-refractivity contribution is 7.89. The molecule has 1 N–H and O–H groups in total. The molecule has 0 amide bonds. The van der Waals surface area contributed by atoms with Crippen LogP contribution in [0.5, 0.6) is 0 Å². The molecule has 10 nitrogen and oxygen atoms in total. The number of hydrogen-bond donors (Lipinski definition) is 1. The van der Waals surface area contributed by atoms with E-state index >= 15 is 0 Å². The number of hydrogen-bond acceptors (Lipinski definition) is 6. The Bertz CT molecular complexity index is 725. The third-order valence-corrected chi connectivity index (χ3v) is 6.42. The van der Waals surface area contributed by atoms with E-state index in [0.29, 0.717) is 32.7 Å². The second kappa shape index (κ2) is 10.7. The van der Waals surface area contributed by atoms with Crippen LogP contribution in [0.25, 0.3) is 0 Å². The summed E-state index contributed by atoms with van der Waals surface area (Å²) in [4.78, 5) is 6.42. The lowest BCUT2D eigenvalue weighted by Crippen LogP contribution is -2.54. The summed E-state index contributed by atoms with van der Waals surface area (Å²) in [5.41, 5.74) is 0. The minimum atomic E-state index is -3.28. The Kier molecular flexibility index (Phi) is 8.64. The average molecular weight is 416 g/mol. The molecule has 1 fully saturated rings. The molecule has 1 aliphatic rings. The number of ether oxygens (including phenoxy) is 1. The van der Waals surface area contributed by atoms with Gasteiger partial charge in [0.25, 0.3) is 0 Å². The zero-order chi connectivity index (χ0) is 20.6. The van der Waals surface area contributed by atoms with Gasteiger partial charge in [0.1, 0.15) is 12.2 Å². The molecule has 0 bridgehead atoms. The van der Waals surface area contributed by atoms with Crippen LogP contribution < -0.4 is 5.32 Å². The lowest BCUT2D eigenvalue weighted by atomic mass is 10.4. The van der Waals surface area contributed by atoms with Gasteiger partial charge in [0.05, 0.1) is 18.5 Å². The molecule has 0 spiro atoms. The highest BCUT2D eigenvalue weighted by Crippen LogP contribution is 2.09. The fourth-order valence-corrected chi connectivity index (χ4v) is 4.34. The van der Waals surface area contributed by atoms with Crippen molar-refractivity contribution in [2.75, 3.05) is 52.1 Å². The van der Waals surface area contributed by atoms with E-state index in [9.17, 15) is 8.42 Å². The molecule has 2 heterocycles. The van der Waals surface area contributed by atoms with Crippen LogP contribution in [0.1, 0.15) is 26.6 Å². The molecular formula is C17H33N7O3S. The van der Waals surface area contributed by atoms with Crippen LogP contribution in [0, 0.1) is 0 Å². The molecule has 1 aromatic rings. The maximum atomic E-state index is 12.4. The van der Waals surface area contributed by atoms with Crippen molar-refractivity contribution < 1.29 is 13.2 Å². The van der Waals surface area contributed by atoms with Gasteiger partial charge in [-0.1, -0.05) is 6.92 Å². The zero-order valence-corrected chi connectivity index (χ0v) is 18.2. The highest BCUT2D eigenvalue weighted by atomic mass is 32.2. The Labute approximate surface area is 168 Å². The largest absolute Gasteiger partial charge is 0.378 e. The van der Waals surface area contributed by atoms with Crippen LogP contribution in [-0.2, 0) is 27.7 Å². The standard InChI is InChI=1S/C17H33N7O3S/c1-5-16-21-20-14-23(16)7-6-19-17(18-4)22-8-10-24(11-9-22)28(25,26)13-12-27-15(2)3/h14-15H,5-13H2,1-4H3,(H,18,19). The number of piperazine rings is 1. The van der Waals surface area contributed by atoms with Gasteiger partial charge in [0.2, 0.25) is 10.0 Å². The molecule has 160 valence electrons. The van der Waals surface area contributed by atoms with E-state index < -0.39 is 10.0 Å². The Morgan fingerprint density at radius 1 is 1.32 bits per heavy atom. The number of nitrogens with one attached hydrogen (secondary N) is 1. The number of aryl methyl sites for hydroxylation is 1. The Morgan fingerprint density at radius 3 is 2.64 bits per heavy atom. The molecule has 0 radical (unpaired) electrons. The summed E-state index contributed by atoms with van der Waals surface area (Å²) in [6.07, 6.45) is 2.61. The molecule has 0 aromatic carbocycles. The second-order valence-electron chi connectivity index (χ2n) is 6.89. The second-order valence-corrected chi connectivity index (χ2v) is 8.98. The average Bonchev–Trinajstić information content (AvgIpc) is 3.12. The van der Waals surface area contributed by atoms with Gasteiger partial charge in [0.15, 0.2) is 5.96 Å². The fraction of sp³-hybridized carbons (Fsp3) is 0.824. The molecule has 1 saturated heterocycles. The fourth-order valence-electron chi connectivity index (χ4n) is 3.06. The van der Waals surface area contributed by atoms with Gasteiger partial charge in [-0.2, -0.15) is 4.31 Å². The third-order valence-electron chi connectivity index (χ3n) is 4.58. The number of aliphatic imine (C=N–C) groups is 1. The summed E-state index contributed by atoms with van der Waals surface area (Å²) in [5, 5.41) is 11.4. The van der Waals surface area contributed by atoms with Crippen molar-refractivity contribution in [1.29, 1.82) is 0 Å². The normalized spacial score (nSPS) is 16.8. The summed E-state index contributed by atoms with van der Waals surface area (Å²) >= 11 is 0. The first kappa shape index (κ1) is 22.6. The van der Waals surface area contributed by atoms with Crippen molar-refractivity contribution in [3.05, 3.63) is 12.2 Å². The van der Waals surface area contributed by atoms with Crippen LogP contribution in [0.15, 0.2) is 11.3 Å². The van der Waals surface area contributed by atoms with Crippen molar-refractivity contribution in [3.63, 3.8) is 0 Å². The predicted molar refractivity (Wildman–Crippen MR) is 109 cm³/mol. The van der Waals surface area contributed by atoms with Gasteiger partial charge >= 0.3 is 0 Å². The van der Waals surface area contributed by atoms with Gasteiger partial charge in [-0.3, -0.25) is 4.99 Å². The van der Waals surface area contributed by atoms with Crippen molar-refractivity contribution >= 4 is 16.0 Å². The summed E-state index contributed by atoms with van der Waals surface area (Å²) in [6.45, 7) is 9.65. The van der Waals surface area contributed by atoms with Gasteiger partial charge in [-0.05, 0) is 13.8 Å². The molecule has 28 heavy (non-hydrogen) atoms. The van der Waals surface area contributed by atoms with Crippen LogP contribution in [0.3, 0.4) is 0 Å². The van der Waals surface area contributed by atoms with Crippen molar-refractivity contribution in [2.24, 2.45) is 4.99 Å². The smallest absolute Gasteiger partial charge is 0.216 e. The lowest BCUT2D eigenvalue weighted by molar-refractivity contribution is 0.0904. The molecule has 0 saturated carbocycles. The summed E-state index contributed by atoms with van der Waals surface area (Å²) < 4.78 is 33.8. The monoisotopic (exact) mass is 415 g/mol. The first-order valence-corrected chi connectivity index (χ1v) is 11.4. The van der Waals surface area contributed by atoms with Crippen molar-refractivity contribution in [3.8, 4) is 0 Å². The molecule has 1 aromatic heterocycles. The van der Waals surface area contributed by atoms with E-state index in [1.807, 2.05) is 18.4 Å². The molecule has 0 aliphatic carbocycles. The molecule has 0 atom stereocenters. The SMILES string of the molecule is CCc1nncn1CCNC(=NC)N1CCN(S(=O)(=O)CCOC(C)C)CC1. The van der Waals surface area contributed by atoms with E-state index in [4.69, 9.17) is 4.74 Å². The van der Waals surface area contributed by atoms with Crippen LogP contribution in [0.2, 0.25) is 0 Å². The molecular weight excluding hydrogens is 382 g/mol. The summed E-state index contributed by atoms with van der Waals surface area (Å²) in [7, 11) is -1.54. The Hall–Kier alpha value is -1.72. The third kappa shape index (κ3) is 6.42. The maximum absolute atomic E-state index is 12.4. The zero-order valence-electron chi connectivity index (χ0n) is 17.3. The van der Waals surface area contributed by atoms with E-state index in [2.05, 4.69) is 32.3 Å². The van der Waals surface area contributed by atoms with E-state index in [0.717, 1.165) is 24.7 Å². The number of aromatic nitrogens is 3. The molecule has 0 unspecified atom stereocenters. The topological polar surface area (TPSA) is 105 Å². The lowest BCUT2D eigenvalue weighted by Gasteiger charge is -2.35. The molecule has 11 heteroatoms. The number of nitrogens with zero attached hydrogens (tertiary/aromatic N) is 6. The molecule has 1 aliphatic heterocycles. The first-order chi connectivity index (χ1) is 13.4. The highest BCUT2D eigenvalue weighted by Gasteiger charge is 2.27. The summed E-state index contributed by atoms with van der Waals surface area (Å²) in [6, 6.07) is 0. The van der Waals surface area contributed by atoms with Crippen molar-refractivity contribution in [1.82, 2.24) is 29.3 Å². The van der Waals surface area contributed by atoms with Gasteiger partial charge < -0.3 is 19.5 Å². The quantitative estimate of drug-likeness (QED) is 0.439. The summed E-state index contributed by atoms with van der Waals surface area (Å²) in [5.74, 6) is 1.76. The van der Waals surface area contributed by atoms with E-state index in [1.165, 1.54) is 0 Å². The van der Waals surface area contributed by atoms with Crippen LogP contribution >= 0.6 is 0 Å². The van der Waals surface area contributed by atoms with Crippen LogP contribution in [-0.4, -0.2) is 96.6 Å². The minimum absolute atomic E-state index is 0.0247. The van der Waals surface area contributed by atoms with E-state index in [-0.39, 0.29) is 18.5 Å². The minimum Gasteiger partial charge on any atom is -0.378 e. The predicted octanol–water partition coefficient (Wildman–Crippen LogP) is -0.212. The van der Waals surface area contributed by atoms with Gasteiger partial charge in [0, 0.05) is 52.7 Å². The first-order valence-electron chi connectivity index (χ1n) is 9.79. The Morgan fingerprint density at radius 2 is 2.04 bits per heavy atom. The number of rotatable bonds is 9. The maximum Gasteiger partial charge on any atom is 0.216 e. The molecule has 2 rings (SSSR count). The van der Waals surface area contributed by atoms with Crippen molar-refractivity contribution in [2.45, 2.75) is 39.8 Å². The van der Waals surface area contributed by atoms with Gasteiger partial charge in [-0.25, -0.2) is 8.42 Å². The van der Waals surface area contributed by atoms with Crippen LogP contribution in [0.4, 0.5) is 0 Å². The number of sulfonamides is 1. The van der Waals surface area contributed by atoms with E-state index in [1.54, 1.807) is 17.7 Å². The van der Waals surface area contributed by atoms with Gasteiger partial charge in [-0.15, -0.1) is 10.2 Å².